The number of halogens is 1. The molecule has 1 aromatic heterocycles. The average Bonchev–Trinajstić information content (AvgIpc) is 2.17. The minimum Gasteiger partial charge on any atom is -0.395 e. The topological polar surface area (TPSA) is 79.3 Å². The Balaban J connectivity index is 3.02. The summed E-state index contributed by atoms with van der Waals surface area (Å²) in [7, 11) is -3.71. The molecule has 1 aromatic rings. The van der Waals surface area contributed by atoms with E-state index >= 15 is 0 Å². The Morgan fingerprint density at radius 3 is 2.87 bits per heavy atom. The molecule has 0 aliphatic heterocycles. The van der Waals surface area contributed by atoms with Crippen LogP contribution in [0.4, 0.5) is 0 Å². The molecule has 0 bridgehead atoms. The normalized spacial score (nSPS) is 13.8. The first kappa shape index (κ1) is 12.4. The van der Waals surface area contributed by atoms with Gasteiger partial charge in [0.25, 0.3) is 0 Å². The zero-order chi connectivity index (χ0) is 11.5. The lowest BCUT2D eigenvalue weighted by Gasteiger charge is -2.11. The Morgan fingerprint density at radius 2 is 2.33 bits per heavy atom. The molecule has 15 heavy (non-hydrogen) atoms. The summed E-state index contributed by atoms with van der Waals surface area (Å²) in [6, 6.07) is 0.825. The molecular formula is C8H11ClN2O3S. The van der Waals surface area contributed by atoms with Gasteiger partial charge in [0.2, 0.25) is 10.0 Å². The smallest absolute Gasteiger partial charge is 0.243 e. The molecule has 1 unspecified atom stereocenters. The summed E-state index contributed by atoms with van der Waals surface area (Å²) in [5.74, 6) is 0. The summed E-state index contributed by atoms with van der Waals surface area (Å²) in [5.41, 5.74) is 0. The van der Waals surface area contributed by atoms with E-state index in [4.69, 9.17) is 16.7 Å². The second kappa shape index (κ2) is 4.89. The molecule has 2 N–H and O–H groups in total. The molecule has 0 saturated carbocycles. The van der Waals surface area contributed by atoms with Crippen molar-refractivity contribution in [1.29, 1.82) is 0 Å². The van der Waals surface area contributed by atoms with Crippen LogP contribution in [0.3, 0.4) is 0 Å². The van der Waals surface area contributed by atoms with Crippen molar-refractivity contribution >= 4 is 21.6 Å². The number of nitrogens with zero attached hydrogens (tertiary/aromatic N) is 1. The van der Waals surface area contributed by atoms with Gasteiger partial charge < -0.3 is 5.11 Å². The van der Waals surface area contributed by atoms with Gasteiger partial charge in [-0.2, -0.15) is 0 Å². The number of rotatable bonds is 4. The maximum atomic E-state index is 11.7. The Kier molecular flexibility index (Phi) is 4.04. The van der Waals surface area contributed by atoms with Crippen molar-refractivity contribution in [2.45, 2.75) is 17.9 Å². The number of nitrogens with one attached hydrogen (secondary N) is 1. The molecule has 1 heterocycles. The highest BCUT2D eigenvalue weighted by atomic mass is 35.5. The van der Waals surface area contributed by atoms with E-state index in [1.54, 1.807) is 6.92 Å². The molecule has 84 valence electrons. The molecule has 0 radical (unpaired) electrons. The first-order valence-corrected chi connectivity index (χ1v) is 6.06. The van der Waals surface area contributed by atoms with Gasteiger partial charge in [0.05, 0.1) is 11.6 Å². The van der Waals surface area contributed by atoms with E-state index < -0.39 is 16.1 Å². The van der Waals surface area contributed by atoms with E-state index in [1.807, 2.05) is 0 Å². The molecule has 0 aromatic carbocycles. The number of aliphatic hydroxyl groups is 1. The van der Waals surface area contributed by atoms with Gasteiger partial charge in [-0.05, 0) is 13.0 Å². The van der Waals surface area contributed by atoms with Gasteiger partial charge in [0, 0.05) is 18.4 Å². The summed E-state index contributed by atoms with van der Waals surface area (Å²) in [6.45, 7) is 1.26. The van der Waals surface area contributed by atoms with Gasteiger partial charge in [-0.25, -0.2) is 13.1 Å². The van der Waals surface area contributed by atoms with Crippen LogP contribution < -0.4 is 4.72 Å². The SMILES string of the molecule is CC(CO)NS(=O)(=O)c1cnccc1Cl. The fraction of sp³-hybridized carbons (Fsp3) is 0.375. The number of hydrogen-bond donors (Lipinski definition) is 2. The summed E-state index contributed by atoms with van der Waals surface area (Å²) in [6.07, 6.45) is 2.56. The van der Waals surface area contributed by atoms with E-state index in [9.17, 15) is 8.42 Å². The van der Waals surface area contributed by atoms with Gasteiger partial charge in [-0.15, -0.1) is 0 Å². The van der Waals surface area contributed by atoms with Gasteiger partial charge in [0.15, 0.2) is 0 Å². The fourth-order valence-corrected chi connectivity index (χ4v) is 2.59. The van der Waals surface area contributed by atoms with Gasteiger partial charge in [-0.3, -0.25) is 4.98 Å². The van der Waals surface area contributed by atoms with Crippen LogP contribution in [-0.2, 0) is 10.0 Å². The molecule has 7 heteroatoms. The number of aliphatic hydroxyl groups excluding tert-OH is 1. The number of sulfonamides is 1. The van der Waals surface area contributed by atoms with E-state index in [1.165, 1.54) is 12.3 Å². The van der Waals surface area contributed by atoms with E-state index in [0.29, 0.717) is 0 Å². The third kappa shape index (κ3) is 3.13. The van der Waals surface area contributed by atoms with Crippen molar-refractivity contribution in [3.05, 3.63) is 23.5 Å². The lowest BCUT2D eigenvalue weighted by atomic mass is 10.4. The molecule has 0 saturated heterocycles. The van der Waals surface area contributed by atoms with Crippen LogP contribution in [-0.4, -0.2) is 31.2 Å². The quantitative estimate of drug-likeness (QED) is 0.811. The van der Waals surface area contributed by atoms with Crippen LogP contribution in [0, 0.1) is 0 Å². The first-order chi connectivity index (χ1) is 6.97. The zero-order valence-corrected chi connectivity index (χ0v) is 9.59. The molecule has 0 aliphatic carbocycles. The highest BCUT2D eigenvalue weighted by molar-refractivity contribution is 7.89. The van der Waals surface area contributed by atoms with Crippen molar-refractivity contribution in [1.82, 2.24) is 9.71 Å². The Bertz CT molecular complexity index is 435. The standard InChI is InChI=1S/C8H11ClN2O3S/c1-6(5-12)11-15(13,14)8-4-10-3-2-7(8)9/h2-4,6,11-12H,5H2,1H3. The molecule has 0 spiro atoms. The third-order valence-corrected chi connectivity index (χ3v) is 3.71. The second-order valence-electron chi connectivity index (χ2n) is 3.01. The predicted molar refractivity (Wildman–Crippen MR) is 56.1 cm³/mol. The molecule has 0 aliphatic rings. The van der Waals surface area contributed by atoms with Gasteiger partial charge >= 0.3 is 0 Å². The Hall–Kier alpha value is -0.690. The lowest BCUT2D eigenvalue weighted by molar-refractivity contribution is 0.265. The van der Waals surface area contributed by atoms with Crippen LogP contribution in [0.25, 0.3) is 0 Å². The first-order valence-electron chi connectivity index (χ1n) is 4.20. The molecular weight excluding hydrogens is 240 g/mol. The minimum atomic E-state index is -3.71. The summed E-state index contributed by atoms with van der Waals surface area (Å²) < 4.78 is 25.6. The van der Waals surface area contributed by atoms with E-state index in [0.717, 1.165) is 6.20 Å². The monoisotopic (exact) mass is 250 g/mol. The van der Waals surface area contributed by atoms with Crippen molar-refractivity contribution < 1.29 is 13.5 Å². The zero-order valence-electron chi connectivity index (χ0n) is 8.01. The van der Waals surface area contributed by atoms with Crippen LogP contribution in [0.5, 0.6) is 0 Å². The van der Waals surface area contributed by atoms with Crippen LogP contribution in [0.2, 0.25) is 5.02 Å². The summed E-state index contributed by atoms with van der Waals surface area (Å²) in [5, 5.41) is 8.84. The Morgan fingerprint density at radius 1 is 1.67 bits per heavy atom. The molecule has 1 atom stereocenters. The highest BCUT2D eigenvalue weighted by Gasteiger charge is 2.19. The average molecular weight is 251 g/mol. The lowest BCUT2D eigenvalue weighted by Crippen LogP contribution is -2.35. The molecule has 1 rings (SSSR count). The molecule has 5 nitrogen and oxygen atoms in total. The summed E-state index contributed by atoms with van der Waals surface area (Å²) in [4.78, 5) is 3.59. The number of aromatic nitrogens is 1. The molecule has 0 amide bonds. The van der Waals surface area contributed by atoms with Crippen molar-refractivity contribution in [2.75, 3.05) is 6.61 Å². The second-order valence-corrected chi connectivity index (χ2v) is 5.10. The maximum Gasteiger partial charge on any atom is 0.243 e. The highest BCUT2D eigenvalue weighted by Crippen LogP contribution is 2.18. The summed E-state index contributed by atoms with van der Waals surface area (Å²) >= 11 is 5.71. The van der Waals surface area contributed by atoms with Gasteiger partial charge in [-0.1, -0.05) is 11.6 Å². The number of pyridine rings is 1. The largest absolute Gasteiger partial charge is 0.395 e. The molecule has 0 fully saturated rings. The van der Waals surface area contributed by atoms with Crippen molar-refractivity contribution in [3.8, 4) is 0 Å². The Labute approximate surface area is 93.2 Å². The van der Waals surface area contributed by atoms with E-state index in [-0.39, 0.29) is 16.5 Å². The minimum absolute atomic E-state index is 0.0908. The van der Waals surface area contributed by atoms with Gasteiger partial charge in [0.1, 0.15) is 4.90 Å². The van der Waals surface area contributed by atoms with Crippen molar-refractivity contribution in [2.24, 2.45) is 0 Å². The maximum absolute atomic E-state index is 11.7. The van der Waals surface area contributed by atoms with Crippen molar-refractivity contribution in [3.63, 3.8) is 0 Å². The predicted octanol–water partition coefficient (Wildman–Crippen LogP) is 0.394. The van der Waals surface area contributed by atoms with Crippen LogP contribution in [0.1, 0.15) is 6.92 Å². The van der Waals surface area contributed by atoms with Crippen LogP contribution >= 0.6 is 11.6 Å². The van der Waals surface area contributed by atoms with E-state index in [2.05, 4.69) is 9.71 Å². The van der Waals surface area contributed by atoms with Crippen LogP contribution in [0.15, 0.2) is 23.4 Å². The third-order valence-electron chi connectivity index (χ3n) is 1.65. The number of hydrogen-bond acceptors (Lipinski definition) is 4. The fourth-order valence-electron chi connectivity index (χ4n) is 0.926.